The van der Waals surface area contributed by atoms with Gasteiger partial charge in [0.15, 0.2) is 0 Å². The molecule has 90 valence electrons. The van der Waals surface area contributed by atoms with E-state index in [1.807, 2.05) is 29.6 Å². The summed E-state index contributed by atoms with van der Waals surface area (Å²) in [6, 6.07) is 9.80. The lowest BCUT2D eigenvalue weighted by molar-refractivity contribution is 0.553. The van der Waals surface area contributed by atoms with Crippen LogP contribution in [-0.2, 0) is 6.54 Å². The van der Waals surface area contributed by atoms with Gasteiger partial charge in [0, 0.05) is 23.0 Å². The molecule has 1 nitrogen and oxygen atoms in total. The summed E-state index contributed by atoms with van der Waals surface area (Å²) in [4.78, 5) is 1.10. The smallest absolute Gasteiger partial charge is 0.128 e. The first-order valence-corrected chi connectivity index (χ1v) is 6.60. The molecule has 0 saturated heterocycles. The topological polar surface area (TPSA) is 12.0 Å². The molecule has 2 aromatic rings. The summed E-state index contributed by atoms with van der Waals surface area (Å²) >= 11 is 1.63. The van der Waals surface area contributed by atoms with Crippen molar-refractivity contribution in [1.82, 2.24) is 5.32 Å². The Morgan fingerprint density at radius 2 is 2.12 bits per heavy atom. The van der Waals surface area contributed by atoms with Gasteiger partial charge in [-0.15, -0.1) is 11.3 Å². The fourth-order valence-corrected chi connectivity index (χ4v) is 2.32. The van der Waals surface area contributed by atoms with Crippen LogP contribution in [0.25, 0.3) is 10.4 Å². The first kappa shape index (κ1) is 12.3. The van der Waals surface area contributed by atoms with Crippen LogP contribution in [0.15, 0.2) is 35.7 Å². The molecule has 1 heterocycles. The third-order valence-corrected chi connectivity index (χ3v) is 3.48. The van der Waals surface area contributed by atoms with Crippen LogP contribution >= 0.6 is 11.3 Å². The van der Waals surface area contributed by atoms with Gasteiger partial charge in [-0.25, -0.2) is 4.39 Å². The van der Waals surface area contributed by atoms with Crippen LogP contribution in [0.1, 0.15) is 19.4 Å². The van der Waals surface area contributed by atoms with Crippen molar-refractivity contribution in [3.8, 4) is 10.4 Å². The zero-order valence-corrected chi connectivity index (χ0v) is 10.9. The minimum atomic E-state index is -0.135. The van der Waals surface area contributed by atoms with E-state index < -0.39 is 0 Å². The third kappa shape index (κ3) is 3.14. The average Bonchev–Trinajstić information content (AvgIpc) is 2.80. The van der Waals surface area contributed by atoms with E-state index in [4.69, 9.17) is 0 Å². The average molecular weight is 249 g/mol. The predicted octanol–water partition coefficient (Wildman–Crippen LogP) is 4.05. The van der Waals surface area contributed by atoms with Crippen molar-refractivity contribution in [2.75, 3.05) is 0 Å². The van der Waals surface area contributed by atoms with E-state index in [0.29, 0.717) is 12.6 Å². The highest BCUT2D eigenvalue weighted by Crippen LogP contribution is 2.26. The molecule has 3 heteroatoms. The van der Waals surface area contributed by atoms with Gasteiger partial charge in [-0.05, 0) is 23.1 Å². The number of rotatable bonds is 4. The molecule has 0 atom stereocenters. The lowest BCUT2D eigenvalue weighted by Crippen LogP contribution is -2.22. The highest BCUT2D eigenvalue weighted by molar-refractivity contribution is 7.13. The summed E-state index contributed by atoms with van der Waals surface area (Å²) in [5.74, 6) is -0.135. The number of hydrogen-bond acceptors (Lipinski definition) is 2. The summed E-state index contributed by atoms with van der Waals surface area (Å²) in [5, 5.41) is 5.22. The van der Waals surface area contributed by atoms with Crippen LogP contribution < -0.4 is 5.32 Å². The van der Waals surface area contributed by atoms with E-state index >= 15 is 0 Å². The Morgan fingerprint density at radius 1 is 1.29 bits per heavy atom. The maximum absolute atomic E-state index is 13.9. The molecule has 0 fully saturated rings. The second-order valence-electron chi connectivity index (χ2n) is 4.32. The first-order chi connectivity index (χ1) is 8.16. The number of nitrogens with one attached hydrogen (secondary N) is 1. The second kappa shape index (κ2) is 5.43. The molecule has 1 N–H and O–H groups in total. The van der Waals surface area contributed by atoms with Gasteiger partial charge >= 0.3 is 0 Å². The van der Waals surface area contributed by atoms with Crippen LogP contribution in [0, 0.1) is 5.82 Å². The molecule has 0 aliphatic carbocycles. The fourth-order valence-electron chi connectivity index (χ4n) is 1.60. The Labute approximate surface area is 105 Å². The molecule has 0 bridgehead atoms. The molecule has 17 heavy (non-hydrogen) atoms. The molecule has 0 radical (unpaired) electrons. The number of hydrogen-bond donors (Lipinski definition) is 1. The van der Waals surface area contributed by atoms with Gasteiger partial charge in [0.05, 0.1) is 0 Å². The van der Waals surface area contributed by atoms with E-state index in [-0.39, 0.29) is 5.82 Å². The monoisotopic (exact) mass is 249 g/mol. The molecule has 0 unspecified atom stereocenters. The van der Waals surface area contributed by atoms with Gasteiger partial charge in [-0.2, -0.15) is 0 Å². The Bertz CT molecular complexity index is 477. The van der Waals surface area contributed by atoms with E-state index in [2.05, 4.69) is 19.2 Å². The molecule has 0 amide bonds. The molecule has 0 saturated carbocycles. The largest absolute Gasteiger partial charge is 0.310 e. The summed E-state index contributed by atoms with van der Waals surface area (Å²) in [7, 11) is 0. The number of halogens is 1. The summed E-state index contributed by atoms with van der Waals surface area (Å²) < 4.78 is 13.9. The zero-order chi connectivity index (χ0) is 12.3. The van der Waals surface area contributed by atoms with Gasteiger partial charge in [0.25, 0.3) is 0 Å². The number of thiophene rings is 1. The Morgan fingerprint density at radius 3 is 2.71 bits per heavy atom. The van der Waals surface area contributed by atoms with E-state index in [1.165, 1.54) is 0 Å². The lowest BCUT2D eigenvalue weighted by Gasteiger charge is -2.09. The molecular formula is C14H16FNS. The quantitative estimate of drug-likeness (QED) is 0.862. The van der Waals surface area contributed by atoms with Crippen LogP contribution in [-0.4, -0.2) is 6.04 Å². The maximum Gasteiger partial charge on any atom is 0.128 e. The van der Waals surface area contributed by atoms with E-state index in [0.717, 1.165) is 16.0 Å². The fraction of sp³-hybridized carbons (Fsp3) is 0.286. The molecular weight excluding hydrogens is 233 g/mol. The maximum atomic E-state index is 13.9. The van der Waals surface area contributed by atoms with Crippen molar-refractivity contribution in [2.24, 2.45) is 0 Å². The zero-order valence-electron chi connectivity index (χ0n) is 10.0. The standard InChI is InChI=1S/C14H16FNS/c1-10(2)16-9-12-6-5-11(8-13(12)15)14-4-3-7-17-14/h3-8,10,16H,9H2,1-2H3. The van der Waals surface area contributed by atoms with Crippen LogP contribution in [0.3, 0.4) is 0 Å². The van der Waals surface area contributed by atoms with Crippen molar-refractivity contribution < 1.29 is 4.39 Å². The van der Waals surface area contributed by atoms with Gasteiger partial charge < -0.3 is 5.32 Å². The second-order valence-corrected chi connectivity index (χ2v) is 5.27. The van der Waals surface area contributed by atoms with Gasteiger partial charge in [0.1, 0.15) is 5.82 Å². The molecule has 0 spiro atoms. The van der Waals surface area contributed by atoms with Gasteiger partial charge in [-0.1, -0.05) is 32.0 Å². The minimum Gasteiger partial charge on any atom is -0.310 e. The SMILES string of the molecule is CC(C)NCc1ccc(-c2cccs2)cc1F. The van der Waals surface area contributed by atoms with Crippen molar-refractivity contribution in [2.45, 2.75) is 26.4 Å². The third-order valence-electron chi connectivity index (χ3n) is 2.56. The molecule has 0 aliphatic rings. The Balaban J connectivity index is 2.17. The Hall–Kier alpha value is -1.19. The van der Waals surface area contributed by atoms with Crippen molar-refractivity contribution in [3.63, 3.8) is 0 Å². The van der Waals surface area contributed by atoms with Crippen LogP contribution in [0.4, 0.5) is 4.39 Å². The molecule has 0 aliphatic heterocycles. The highest BCUT2D eigenvalue weighted by Gasteiger charge is 2.06. The summed E-state index contributed by atoms with van der Waals surface area (Å²) in [6.45, 7) is 4.68. The molecule has 2 rings (SSSR count). The normalized spacial score (nSPS) is 11.1. The summed E-state index contributed by atoms with van der Waals surface area (Å²) in [5.41, 5.74) is 1.67. The van der Waals surface area contributed by atoms with Crippen molar-refractivity contribution >= 4 is 11.3 Å². The highest BCUT2D eigenvalue weighted by atomic mass is 32.1. The lowest BCUT2D eigenvalue weighted by atomic mass is 10.1. The van der Waals surface area contributed by atoms with Crippen LogP contribution in [0.2, 0.25) is 0 Å². The molecule has 1 aromatic carbocycles. The van der Waals surface area contributed by atoms with Gasteiger partial charge in [-0.3, -0.25) is 0 Å². The van der Waals surface area contributed by atoms with Crippen molar-refractivity contribution in [1.29, 1.82) is 0 Å². The van der Waals surface area contributed by atoms with Gasteiger partial charge in [0.2, 0.25) is 0 Å². The predicted molar refractivity (Wildman–Crippen MR) is 71.7 cm³/mol. The Kier molecular flexibility index (Phi) is 3.92. The number of benzene rings is 1. The first-order valence-electron chi connectivity index (χ1n) is 5.72. The molecule has 1 aromatic heterocycles. The minimum absolute atomic E-state index is 0.135. The van der Waals surface area contributed by atoms with Crippen LogP contribution in [0.5, 0.6) is 0 Å². The van der Waals surface area contributed by atoms with E-state index in [1.54, 1.807) is 17.4 Å². The van der Waals surface area contributed by atoms with Crippen molar-refractivity contribution in [3.05, 3.63) is 47.1 Å². The van der Waals surface area contributed by atoms with E-state index in [9.17, 15) is 4.39 Å². The summed E-state index contributed by atoms with van der Waals surface area (Å²) in [6.07, 6.45) is 0.